The minimum absolute atomic E-state index is 0.112. The molecule has 0 bridgehead atoms. The van der Waals surface area contributed by atoms with Crippen LogP contribution in [-0.4, -0.2) is 51.4 Å². The minimum Gasteiger partial charge on any atom is -0.440 e. The van der Waals surface area contributed by atoms with Crippen LogP contribution in [0.2, 0.25) is 0 Å². The highest BCUT2D eigenvalue weighted by molar-refractivity contribution is 7.99. The zero-order valence-corrected chi connectivity index (χ0v) is 14.3. The van der Waals surface area contributed by atoms with Crippen LogP contribution in [0.3, 0.4) is 0 Å². The Kier molecular flexibility index (Phi) is 6.23. The van der Waals surface area contributed by atoms with Crippen molar-refractivity contribution in [1.82, 2.24) is 25.5 Å². The fraction of sp³-hybridized carbons (Fsp3) is 0.429. The van der Waals surface area contributed by atoms with Crippen molar-refractivity contribution >= 4 is 17.9 Å². The van der Waals surface area contributed by atoms with Gasteiger partial charge in [0, 0.05) is 12.3 Å². The molecule has 0 aliphatic carbocycles. The minimum atomic E-state index is -4.54. The second-order valence-electron chi connectivity index (χ2n) is 5.06. The third-order valence-electron chi connectivity index (χ3n) is 3.21. The maximum atomic E-state index is 11.9. The lowest BCUT2D eigenvalue weighted by atomic mass is 10.1. The van der Waals surface area contributed by atoms with E-state index in [9.17, 15) is 18.0 Å². The molecule has 11 heteroatoms. The molecule has 1 aromatic heterocycles. The van der Waals surface area contributed by atoms with Crippen LogP contribution in [0.5, 0.6) is 0 Å². The number of aryl methyl sites for hydroxylation is 1. The van der Waals surface area contributed by atoms with Gasteiger partial charge in [-0.15, -0.1) is 5.10 Å². The molecule has 0 unspecified atom stereocenters. The van der Waals surface area contributed by atoms with Gasteiger partial charge >= 0.3 is 12.3 Å². The number of aromatic nitrogens is 4. The van der Waals surface area contributed by atoms with Gasteiger partial charge in [0.15, 0.2) is 6.61 Å². The number of nitrogens with zero attached hydrogens (tertiary/aromatic N) is 4. The summed E-state index contributed by atoms with van der Waals surface area (Å²) in [5.41, 5.74) is 2.97. The summed E-state index contributed by atoms with van der Waals surface area (Å²) in [7, 11) is 0. The Balaban J connectivity index is 1.86. The van der Waals surface area contributed by atoms with Crippen LogP contribution in [-0.2, 0) is 4.74 Å². The van der Waals surface area contributed by atoms with Gasteiger partial charge in [0.1, 0.15) is 0 Å². The molecule has 0 saturated heterocycles. The van der Waals surface area contributed by atoms with Crippen molar-refractivity contribution in [3.05, 3.63) is 29.3 Å². The lowest BCUT2D eigenvalue weighted by Crippen LogP contribution is -2.30. The third-order valence-corrected chi connectivity index (χ3v) is 4.14. The van der Waals surface area contributed by atoms with Gasteiger partial charge in [-0.1, -0.05) is 23.9 Å². The molecule has 1 aromatic carbocycles. The predicted molar refractivity (Wildman–Crippen MR) is 84.8 cm³/mol. The normalized spacial score (nSPS) is 11.4. The zero-order chi connectivity index (χ0) is 18.4. The van der Waals surface area contributed by atoms with Crippen LogP contribution in [0.25, 0.3) is 5.69 Å². The molecule has 0 spiro atoms. The van der Waals surface area contributed by atoms with Gasteiger partial charge in [0.2, 0.25) is 5.16 Å². The lowest BCUT2D eigenvalue weighted by molar-refractivity contribution is -0.160. The van der Waals surface area contributed by atoms with Crippen molar-refractivity contribution in [2.75, 3.05) is 18.9 Å². The molecule has 2 rings (SSSR count). The average molecular weight is 375 g/mol. The van der Waals surface area contributed by atoms with Crippen LogP contribution in [0, 0.1) is 13.8 Å². The number of alkyl halides is 3. The summed E-state index contributed by atoms with van der Waals surface area (Å²) in [4.78, 5) is 11.1. The topological polar surface area (TPSA) is 81.9 Å². The summed E-state index contributed by atoms with van der Waals surface area (Å²) in [6.45, 7) is 2.43. The predicted octanol–water partition coefficient (Wildman–Crippen LogP) is 2.66. The van der Waals surface area contributed by atoms with Crippen LogP contribution in [0.15, 0.2) is 23.4 Å². The Morgan fingerprint density at radius 3 is 2.84 bits per heavy atom. The van der Waals surface area contributed by atoms with Crippen LogP contribution in [0.1, 0.15) is 11.1 Å². The number of alkyl carbamates (subject to hydrolysis) is 1. The van der Waals surface area contributed by atoms with E-state index in [0.717, 1.165) is 16.8 Å². The lowest BCUT2D eigenvalue weighted by Gasteiger charge is -2.10. The highest BCUT2D eigenvalue weighted by Crippen LogP contribution is 2.22. The highest BCUT2D eigenvalue weighted by Gasteiger charge is 2.29. The van der Waals surface area contributed by atoms with Gasteiger partial charge in [0.05, 0.1) is 5.69 Å². The molecule has 0 saturated carbocycles. The fourth-order valence-corrected chi connectivity index (χ4v) is 2.62. The Morgan fingerprint density at radius 2 is 2.12 bits per heavy atom. The number of benzene rings is 1. The van der Waals surface area contributed by atoms with Gasteiger partial charge in [-0.05, 0) is 41.5 Å². The monoisotopic (exact) mass is 375 g/mol. The highest BCUT2D eigenvalue weighted by atomic mass is 32.2. The van der Waals surface area contributed by atoms with Crippen molar-refractivity contribution in [2.24, 2.45) is 0 Å². The maximum absolute atomic E-state index is 11.9. The van der Waals surface area contributed by atoms with Gasteiger partial charge in [-0.25, -0.2) is 4.79 Å². The number of hydrogen-bond acceptors (Lipinski definition) is 6. The first-order chi connectivity index (χ1) is 11.8. The third kappa shape index (κ3) is 5.62. The molecule has 0 aliphatic rings. The molecule has 1 heterocycles. The summed E-state index contributed by atoms with van der Waals surface area (Å²) in [5, 5.41) is 14.3. The first kappa shape index (κ1) is 19.0. The molecule has 25 heavy (non-hydrogen) atoms. The van der Waals surface area contributed by atoms with Gasteiger partial charge < -0.3 is 10.1 Å². The molecule has 0 fully saturated rings. The largest absolute Gasteiger partial charge is 0.440 e. The Labute approximate surface area is 145 Å². The van der Waals surface area contributed by atoms with E-state index in [1.165, 1.54) is 11.8 Å². The summed E-state index contributed by atoms with van der Waals surface area (Å²) in [6.07, 6.45) is -5.66. The summed E-state index contributed by atoms with van der Waals surface area (Å²) < 4.78 is 41.4. The van der Waals surface area contributed by atoms with Crippen LogP contribution < -0.4 is 5.32 Å². The second kappa shape index (κ2) is 8.19. The van der Waals surface area contributed by atoms with E-state index in [4.69, 9.17) is 0 Å². The van der Waals surface area contributed by atoms with E-state index in [1.807, 2.05) is 32.0 Å². The summed E-state index contributed by atoms with van der Waals surface area (Å²) in [5.74, 6) is 0.367. The Hall–Kier alpha value is -2.30. The number of tetrazole rings is 1. The van der Waals surface area contributed by atoms with Crippen LogP contribution in [0.4, 0.5) is 18.0 Å². The Morgan fingerprint density at radius 1 is 1.36 bits per heavy atom. The van der Waals surface area contributed by atoms with Gasteiger partial charge in [-0.3, -0.25) is 0 Å². The molecular formula is C14H16F3N5O2S. The first-order valence-electron chi connectivity index (χ1n) is 7.23. The molecular weight excluding hydrogens is 359 g/mol. The number of hydrogen-bond donors (Lipinski definition) is 1. The maximum Gasteiger partial charge on any atom is 0.422 e. The van der Waals surface area contributed by atoms with Gasteiger partial charge in [-0.2, -0.15) is 17.9 Å². The molecule has 136 valence electrons. The number of halogens is 3. The number of carbonyl (C=O) groups excluding carboxylic acids is 1. The van der Waals surface area contributed by atoms with E-state index in [1.54, 1.807) is 4.68 Å². The second-order valence-corrected chi connectivity index (χ2v) is 6.12. The SMILES string of the molecule is Cc1cccc(-n2nnnc2SCCNC(=O)OCC(F)(F)F)c1C. The van der Waals surface area contributed by atoms with E-state index in [2.05, 4.69) is 25.6 Å². The number of amides is 1. The van der Waals surface area contributed by atoms with E-state index in [0.29, 0.717) is 10.9 Å². The number of carbonyl (C=O) groups is 1. The van der Waals surface area contributed by atoms with Crippen molar-refractivity contribution < 1.29 is 22.7 Å². The summed E-state index contributed by atoms with van der Waals surface area (Å²) in [6, 6.07) is 5.76. The molecule has 0 aliphatic heterocycles. The Bertz CT molecular complexity index is 735. The fourth-order valence-electron chi connectivity index (χ4n) is 1.88. The summed E-state index contributed by atoms with van der Waals surface area (Å²) >= 11 is 1.26. The van der Waals surface area contributed by atoms with Gasteiger partial charge in [0.25, 0.3) is 0 Å². The zero-order valence-electron chi connectivity index (χ0n) is 13.5. The number of ether oxygens (including phenoxy) is 1. The first-order valence-corrected chi connectivity index (χ1v) is 8.21. The van der Waals surface area contributed by atoms with Crippen molar-refractivity contribution in [1.29, 1.82) is 0 Å². The molecule has 0 atom stereocenters. The van der Waals surface area contributed by atoms with E-state index >= 15 is 0 Å². The van der Waals surface area contributed by atoms with Crippen molar-refractivity contribution in [3.63, 3.8) is 0 Å². The molecule has 1 amide bonds. The molecule has 7 nitrogen and oxygen atoms in total. The number of rotatable bonds is 6. The van der Waals surface area contributed by atoms with Crippen molar-refractivity contribution in [2.45, 2.75) is 25.2 Å². The van der Waals surface area contributed by atoms with E-state index in [-0.39, 0.29) is 6.54 Å². The van der Waals surface area contributed by atoms with Crippen LogP contribution >= 0.6 is 11.8 Å². The molecule has 1 N–H and O–H groups in total. The smallest absolute Gasteiger partial charge is 0.422 e. The number of nitrogens with one attached hydrogen (secondary N) is 1. The number of thioether (sulfide) groups is 1. The quantitative estimate of drug-likeness (QED) is 0.618. The van der Waals surface area contributed by atoms with E-state index < -0.39 is 18.9 Å². The standard InChI is InChI=1S/C14H16F3N5O2S/c1-9-4-3-5-11(10(9)2)22-12(19-20-21-22)25-7-6-18-13(23)24-8-14(15,16)17/h3-5H,6-8H2,1-2H3,(H,18,23). The molecule has 0 radical (unpaired) electrons. The average Bonchev–Trinajstić information content (AvgIpc) is 3.00. The van der Waals surface area contributed by atoms with Crippen molar-refractivity contribution in [3.8, 4) is 5.69 Å². The molecule has 2 aromatic rings.